The summed E-state index contributed by atoms with van der Waals surface area (Å²) >= 11 is 0. The number of aryl methyl sites for hydroxylation is 2. The molecule has 0 atom stereocenters. The highest BCUT2D eigenvalue weighted by molar-refractivity contribution is 5.81. The first-order chi connectivity index (χ1) is 9.15. The van der Waals surface area contributed by atoms with Crippen LogP contribution in [-0.4, -0.2) is 31.7 Å². The van der Waals surface area contributed by atoms with E-state index in [1.807, 2.05) is 13.8 Å². The zero-order valence-corrected chi connectivity index (χ0v) is 11.7. The van der Waals surface area contributed by atoms with Crippen LogP contribution in [0.1, 0.15) is 24.0 Å². The Balaban J connectivity index is 1.81. The van der Waals surface area contributed by atoms with Gasteiger partial charge in [0.05, 0.1) is 6.54 Å². The Bertz CT molecular complexity index is 440. The van der Waals surface area contributed by atoms with Crippen LogP contribution < -0.4 is 10.6 Å². The van der Waals surface area contributed by atoms with Crippen molar-refractivity contribution in [2.24, 2.45) is 0 Å². The molecule has 0 unspecified atom stereocenters. The Morgan fingerprint density at radius 1 is 1.32 bits per heavy atom. The van der Waals surface area contributed by atoms with Crippen LogP contribution in [0.2, 0.25) is 0 Å². The second-order valence-electron chi connectivity index (χ2n) is 5.13. The summed E-state index contributed by atoms with van der Waals surface area (Å²) < 4.78 is 5.27. The van der Waals surface area contributed by atoms with Gasteiger partial charge in [0.15, 0.2) is 0 Å². The first kappa shape index (κ1) is 13.9. The van der Waals surface area contributed by atoms with Crippen LogP contribution in [0, 0.1) is 13.8 Å². The largest absolute Gasteiger partial charge is 0.381 e. The molecular formula is C15H22N2O2. The number of anilines is 1. The molecule has 19 heavy (non-hydrogen) atoms. The number of carbonyl (C=O) groups excluding carboxylic acids is 1. The van der Waals surface area contributed by atoms with Crippen molar-refractivity contribution in [2.45, 2.75) is 32.7 Å². The number of amides is 1. The number of hydrogen-bond acceptors (Lipinski definition) is 3. The van der Waals surface area contributed by atoms with Gasteiger partial charge in [-0.25, -0.2) is 0 Å². The lowest BCUT2D eigenvalue weighted by molar-refractivity contribution is -0.120. The normalized spacial score (nSPS) is 16.1. The summed E-state index contributed by atoms with van der Waals surface area (Å²) in [6.07, 6.45) is 1.82. The number of rotatable bonds is 4. The third-order valence-corrected chi connectivity index (χ3v) is 3.42. The number of hydrogen-bond donors (Lipinski definition) is 2. The Labute approximate surface area is 114 Å². The Kier molecular flexibility index (Phi) is 4.80. The van der Waals surface area contributed by atoms with Crippen LogP contribution in [-0.2, 0) is 9.53 Å². The van der Waals surface area contributed by atoms with Crippen LogP contribution in [0.15, 0.2) is 18.2 Å². The van der Waals surface area contributed by atoms with Crippen LogP contribution in [0.3, 0.4) is 0 Å². The number of benzene rings is 1. The highest BCUT2D eigenvalue weighted by Gasteiger charge is 2.15. The predicted molar refractivity (Wildman–Crippen MR) is 76.4 cm³/mol. The molecule has 1 aromatic rings. The van der Waals surface area contributed by atoms with E-state index in [2.05, 4.69) is 28.8 Å². The monoisotopic (exact) mass is 262 g/mol. The van der Waals surface area contributed by atoms with Gasteiger partial charge in [0.2, 0.25) is 5.91 Å². The molecule has 1 aliphatic rings. The minimum absolute atomic E-state index is 0.0489. The van der Waals surface area contributed by atoms with Gasteiger partial charge in [0.1, 0.15) is 0 Å². The Morgan fingerprint density at radius 2 is 2.05 bits per heavy atom. The maximum Gasteiger partial charge on any atom is 0.239 e. The molecule has 0 aliphatic carbocycles. The van der Waals surface area contributed by atoms with Gasteiger partial charge in [-0.3, -0.25) is 4.79 Å². The van der Waals surface area contributed by atoms with E-state index in [0.29, 0.717) is 6.54 Å². The molecule has 1 aliphatic heterocycles. The summed E-state index contributed by atoms with van der Waals surface area (Å²) in [7, 11) is 0. The summed E-state index contributed by atoms with van der Waals surface area (Å²) in [5.74, 6) is 0.0489. The van der Waals surface area contributed by atoms with E-state index >= 15 is 0 Å². The molecule has 4 nitrogen and oxygen atoms in total. The number of ether oxygens (including phenoxy) is 1. The van der Waals surface area contributed by atoms with Crippen LogP contribution in [0.5, 0.6) is 0 Å². The van der Waals surface area contributed by atoms with Crippen molar-refractivity contribution in [3.8, 4) is 0 Å². The second-order valence-corrected chi connectivity index (χ2v) is 5.13. The minimum atomic E-state index is 0.0489. The average Bonchev–Trinajstić information content (AvgIpc) is 2.41. The quantitative estimate of drug-likeness (QED) is 0.872. The molecule has 0 aromatic heterocycles. The van der Waals surface area contributed by atoms with Gasteiger partial charge in [-0.05, 0) is 43.9 Å². The third-order valence-electron chi connectivity index (χ3n) is 3.42. The summed E-state index contributed by atoms with van der Waals surface area (Å²) in [6, 6.07) is 6.47. The van der Waals surface area contributed by atoms with E-state index in [9.17, 15) is 4.79 Å². The van der Waals surface area contributed by atoms with Crippen molar-refractivity contribution < 1.29 is 9.53 Å². The molecule has 1 aromatic carbocycles. The summed E-state index contributed by atoms with van der Waals surface area (Å²) in [4.78, 5) is 11.9. The topological polar surface area (TPSA) is 50.4 Å². The molecule has 0 saturated carbocycles. The highest BCUT2D eigenvalue weighted by atomic mass is 16.5. The SMILES string of the molecule is Cc1ccc(C)c(NCC(=O)NC2CCOCC2)c1. The fourth-order valence-electron chi connectivity index (χ4n) is 2.22. The van der Waals surface area contributed by atoms with E-state index in [4.69, 9.17) is 4.74 Å². The molecule has 0 spiro atoms. The molecule has 2 N–H and O–H groups in total. The van der Waals surface area contributed by atoms with Crippen molar-refractivity contribution in [2.75, 3.05) is 25.1 Å². The minimum Gasteiger partial charge on any atom is -0.381 e. The van der Waals surface area contributed by atoms with E-state index in [0.717, 1.165) is 37.3 Å². The fraction of sp³-hybridized carbons (Fsp3) is 0.533. The highest BCUT2D eigenvalue weighted by Crippen LogP contribution is 2.15. The first-order valence-corrected chi connectivity index (χ1v) is 6.83. The van der Waals surface area contributed by atoms with E-state index < -0.39 is 0 Å². The third kappa shape index (κ3) is 4.24. The summed E-state index contributed by atoms with van der Waals surface area (Å²) in [5, 5.41) is 6.24. The molecule has 104 valence electrons. The van der Waals surface area contributed by atoms with Crippen LogP contribution in [0.4, 0.5) is 5.69 Å². The van der Waals surface area contributed by atoms with Gasteiger partial charge < -0.3 is 15.4 Å². The fourth-order valence-corrected chi connectivity index (χ4v) is 2.22. The molecule has 0 bridgehead atoms. The van der Waals surface area contributed by atoms with Crippen molar-refractivity contribution in [1.82, 2.24) is 5.32 Å². The van der Waals surface area contributed by atoms with Crippen molar-refractivity contribution in [3.63, 3.8) is 0 Å². The molecule has 1 amide bonds. The maximum atomic E-state index is 11.9. The predicted octanol–water partition coefficient (Wildman–Crippen LogP) is 2.01. The first-order valence-electron chi connectivity index (χ1n) is 6.83. The van der Waals surface area contributed by atoms with Crippen molar-refractivity contribution >= 4 is 11.6 Å². The molecule has 1 saturated heterocycles. The van der Waals surface area contributed by atoms with E-state index in [-0.39, 0.29) is 11.9 Å². The standard InChI is InChI=1S/C15H22N2O2/c1-11-3-4-12(2)14(9-11)16-10-15(18)17-13-5-7-19-8-6-13/h3-4,9,13,16H,5-8,10H2,1-2H3,(H,17,18). The molecule has 0 radical (unpaired) electrons. The van der Waals surface area contributed by atoms with Crippen LogP contribution >= 0.6 is 0 Å². The Hall–Kier alpha value is -1.55. The van der Waals surface area contributed by atoms with Crippen molar-refractivity contribution in [1.29, 1.82) is 0 Å². The average molecular weight is 262 g/mol. The smallest absolute Gasteiger partial charge is 0.239 e. The van der Waals surface area contributed by atoms with Gasteiger partial charge in [-0.1, -0.05) is 12.1 Å². The maximum absolute atomic E-state index is 11.9. The second kappa shape index (κ2) is 6.57. The van der Waals surface area contributed by atoms with Crippen molar-refractivity contribution in [3.05, 3.63) is 29.3 Å². The molecule has 1 heterocycles. The van der Waals surface area contributed by atoms with E-state index in [1.54, 1.807) is 0 Å². The molecule has 1 fully saturated rings. The van der Waals surface area contributed by atoms with Gasteiger partial charge in [0.25, 0.3) is 0 Å². The summed E-state index contributed by atoms with van der Waals surface area (Å²) in [5.41, 5.74) is 3.38. The lowest BCUT2D eigenvalue weighted by Gasteiger charge is -2.23. The molecule has 2 rings (SSSR count). The lowest BCUT2D eigenvalue weighted by Crippen LogP contribution is -2.41. The van der Waals surface area contributed by atoms with Crippen LogP contribution in [0.25, 0.3) is 0 Å². The molecule has 4 heteroatoms. The van der Waals surface area contributed by atoms with Gasteiger partial charge in [-0.15, -0.1) is 0 Å². The van der Waals surface area contributed by atoms with E-state index in [1.165, 1.54) is 5.56 Å². The zero-order valence-electron chi connectivity index (χ0n) is 11.7. The van der Waals surface area contributed by atoms with Gasteiger partial charge >= 0.3 is 0 Å². The lowest BCUT2D eigenvalue weighted by atomic mass is 10.1. The Morgan fingerprint density at radius 3 is 2.79 bits per heavy atom. The van der Waals surface area contributed by atoms with Gasteiger partial charge in [-0.2, -0.15) is 0 Å². The number of nitrogens with one attached hydrogen (secondary N) is 2. The zero-order chi connectivity index (χ0) is 13.7. The number of carbonyl (C=O) groups is 1. The van der Waals surface area contributed by atoms with Gasteiger partial charge in [0, 0.05) is 24.9 Å². The summed E-state index contributed by atoms with van der Waals surface area (Å²) in [6.45, 7) is 5.90. The molecular weight excluding hydrogens is 240 g/mol.